The number of hydrogen-bond donors (Lipinski definition) is 0. The second-order valence-electron chi connectivity index (χ2n) is 5.99. The van der Waals surface area contributed by atoms with Gasteiger partial charge >= 0.3 is 0 Å². The van der Waals surface area contributed by atoms with E-state index in [1.54, 1.807) is 0 Å². The third-order valence-electron chi connectivity index (χ3n) is 4.28. The number of aromatic nitrogens is 1. The van der Waals surface area contributed by atoms with E-state index in [2.05, 4.69) is 27.9 Å². The lowest BCUT2D eigenvalue weighted by Crippen LogP contribution is -2.27. The van der Waals surface area contributed by atoms with Crippen LogP contribution in [0.25, 0.3) is 0 Å². The summed E-state index contributed by atoms with van der Waals surface area (Å²) in [5, 5.41) is 0. The fourth-order valence-corrected chi connectivity index (χ4v) is 3.09. The van der Waals surface area contributed by atoms with Crippen LogP contribution in [-0.4, -0.2) is 54.6 Å². The Labute approximate surface area is 121 Å². The van der Waals surface area contributed by atoms with Crippen molar-refractivity contribution in [2.75, 3.05) is 39.8 Å². The van der Waals surface area contributed by atoms with E-state index in [1.165, 1.54) is 37.2 Å². The summed E-state index contributed by atoms with van der Waals surface area (Å²) in [7, 11) is 2.16. The van der Waals surface area contributed by atoms with E-state index in [1.807, 2.05) is 6.07 Å². The van der Waals surface area contributed by atoms with E-state index < -0.39 is 0 Å². The van der Waals surface area contributed by atoms with Gasteiger partial charge in [-0.3, -0.25) is 0 Å². The summed E-state index contributed by atoms with van der Waals surface area (Å²) in [4.78, 5) is 9.52. The number of likely N-dealkylation sites (N-methyl/N-ethyl adjacent to an activating group) is 1. The maximum Gasteiger partial charge on any atom is 0.213 e. The molecule has 4 heteroatoms. The van der Waals surface area contributed by atoms with Crippen molar-refractivity contribution in [2.24, 2.45) is 0 Å². The molecule has 1 fully saturated rings. The van der Waals surface area contributed by atoms with E-state index in [9.17, 15) is 0 Å². The number of ether oxygens (including phenoxy) is 1. The van der Waals surface area contributed by atoms with Gasteiger partial charge < -0.3 is 14.5 Å². The summed E-state index contributed by atoms with van der Waals surface area (Å²) in [6.45, 7) is 6.59. The third kappa shape index (κ3) is 3.49. The Kier molecular flexibility index (Phi) is 4.53. The zero-order valence-electron chi connectivity index (χ0n) is 12.5. The van der Waals surface area contributed by atoms with E-state index in [-0.39, 0.29) is 0 Å². The monoisotopic (exact) mass is 275 g/mol. The molecule has 1 saturated heterocycles. The molecule has 3 rings (SSSR count). The van der Waals surface area contributed by atoms with E-state index in [0.717, 1.165) is 45.0 Å². The maximum atomic E-state index is 5.81. The quantitative estimate of drug-likeness (QED) is 0.768. The molecule has 1 aromatic rings. The predicted molar refractivity (Wildman–Crippen MR) is 80.1 cm³/mol. The summed E-state index contributed by atoms with van der Waals surface area (Å²) in [6.07, 6.45) is 4.86. The van der Waals surface area contributed by atoms with Crippen molar-refractivity contribution in [1.29, 1.82) is 0 Å². The number of fused-ring (bicyclic) bond motifs is 1. The van der Waals surface area contributed by atoms with Gasteiger partial charge in [0, 0.05) is 32.1 Å². The van der Waals surface area contributed by atoms with Crippen LogP contribution in [0.1, 0.15) is 30.5 Å². The zero-order chi connectivity index (χ0) is 13.8. The third-order valence-corrected chi connectivity index (χ3v) is 4.28. The average Bonchev–Trinajstić information content (AvgIpc) is 2.97. The minimum atomic E-state index is 0.780. The molecule has 0 N–H and O–H groups in total. The molecule has 2 aliphatic heterocycles. The normalized spacial score (nSPS) is 20.1. The first-order valence-corrected chi connectivity index (χ1v) is 7.84. The minimum absolute atomic E-state index is 0.780. The van der Waals surface area contributed by atoms with Crippen LogP contribution in [-0.2, 0) is 13.0 Å². The molecule has 0 aromatic carbocycles. The minimum Gasteiger partial charge on any atom is -0.478 e. The van der Waals surface area contributed by atoms with Gasteiger partial charge in [0.15, 0.2) is 0 Å². The van der Waals surface area contributed by atoms with E-state index in [4.69, 9.17) is 4.74 Å². The van der Waals surface area contributed by atoms with Gasteiger partial charge in [0.05, 0.1) is 12.3 Å². The molecule has 0 unspecified atom stereocenters. The summed E-state index contributed by atoms with van der Waals surface area (Å²) in [5.74, 6) is 0.801. The van der Waals surface area contributed by atoms with Gasteiger partial charge in [0.1, 0.15) is 0 Å². The van der Waals surface area contributed by atoms with Crippen molar-refractivity contribution in [2.45, 2.75) is 32.2 Å². The first kappa shape index (κ1) is 13.8. The van der Waals surface area contributed by atoms with Gasteiger partial charge in [-0.2, -0.15) is 0 Å². The van der Waals surface area contributed by atoms with Gasteiger partial charge in [0.2, 0.25) is 5.88 Å². The molecular formula is C16H25N3O. The Balaban J connectivity index is 1.45. The molecule has 4 nitrogen and oxygen atoms in total. The SMILES string of the molecule is CN1CCc2nc(OCCCN3CCCC3)ccc2C1. The molecule has 0 aliphatic carbocycles. The van der Waals surface area contributed by atoms with Crippen molar-refractivity contribution in [3.8, 4) is 5.88 Å². The van der Waals surface area contributed by atoms with Crippen molar-refractivity contribution in [1.82, 2.24) is 14.8 Å². The lowest BCUT2D eigenvalue weighted by Gasteiger charge is -2.24. The van der Waals surface area contributed by atoms with Gasteiger partial charge in [0.25, 0.3) is 0 Å². The fourth-order valence-electron chi connectivity index (χ4n) is 3.09. The molecule has 20 heavy (non-hydrogen) atoms. The summed E-state index contributed by atoms with van der Waals surface area (Å²) >= 11 is 0. The number of hydrogen-bond acceptors (Lipinski definition) is 4. The molecule has 1 aromatic heterocycles. The second kappa shape index (κ2) is 6.55. The van der Waals surface area contributed by atoms with E-state index in [0.29, 0.717) is 0 Å². The highest BCUT2D eigenvalue weighted by atomic mass is 16.5. The van der Waals surface area contributed by atoms with Crippen LogP contribution in [0.5, 0.6) is 5.88 Å². The maximum absolute atomic E-state index is 5.81. The Morgan fingerprint density at radius 3 is 2.90 bits per heavy atom. The molecule has 110 valence electrons. The number of pyridine rings is 1. The highest BCUT2D eigenvalue weighted by molar-refractivity contribution is 5.27. The Bertz CT molecular complexity index is 443. The molecule has 0 saturated carbocycles. The highest BCUT2D eigenvalue weighted by Gasteiger charge is 2.15. The van der Waals surface area contributed by atoms with Crippen molar-refractivity contribution < 1.29 is 4.74 Å². The van der Waals surface area contributed by atoms with Gasteiger partial charge in [-0.15, -0.1) is 0 Å². The lowest BCUT2D eigenvalue weighted by molar-refractivity contribution is 0.254. The van der Waals surface area contributed by atoms with E-state index >= 15 is 0 Å². The van der Waals surface area contributed by atoms with Crippen LogP contribution < -0.4 is 4.74 Å². The predicted octanol–water partition coefficient (Wildman–Crippen LogP) is 1.93. The van der Waals surface area contributed by atoms with Gasteiger partial charge in [-0.05, 0) is 45.0 Å². The number of nitrogens with zero attached hydrogens (tertiary/aromatic N) is 3. The Hall–Kier alpha value is -1.13. The molecule has 3 heterocycles. The highest BCUT2D eigenvalue weighted by Crippen LogP contribution is 2.19. The molecular weight excluding hydrogens is 250 g/mol. The molecule has 0 amide bonds. The summed E-state index contributed by atoms with van der Waals surface area (Å²) in [6, 6.07) is 4.20. The first-order valence-electron chi connectivity index (χ1n) is 7.84. The van der Waals surface area contributed by atoms with Crippen LogP contribution in [0, 0.1) is 0 Å². The van der Waals surface area contributed by atoms with Gasteiger partial charge in [-0.1, -0.05) is 6.07 Å². The zero-order valence-corrected chi connectivity index (χ0v) is 12.5. The first-order chi connectivity index (χ1) is 9.81. The molecule has 0 bridgehead atoms. The standard InChI is InChI=1S/C16H25N3O/c1-18-11-7-15-14(13-18)5-6-16(17-15)20-12-4-10-19-8-2-3-9-19/h5-6H,2-4,7-13H2,1H3. The Morgan fingerprint density at radius 2 is 2.05 bits per heavy atom. The topological polar surface area (TPSA) is 28.6 Å². The number of likely N-dealkylation sites (tertiary alicyclic amines) is 1. The van der Waals surface area contributed by atoms with Crippen LogP contribution >= 0.6 is 0 Å². The lowest BCUT2D eigenvalue weighted by atomic mass is 10.1. The molecule has 0 radical (unpaired) electrons. The van der Waals surface area contributed by atoms with Crippen molar-refractivity contribution in [3.05, 3.63) is 23.4 Å². The second-order valence-corrected chi connectivity index (χ2v) is 5.99. The summed E-state index contributed by atoms with van der Waals surface area (Å²) < 4.78 is 5.81. The largest absolute Gasteiger partial charge is 0.478 e. The van der Waals surface area contributed by atoms with Crippen molar-refractivity contribution in [3.63, 3.8) is 0 Å². The van der Waals surface area contributed by atoms with Crippen LogP contribution in [0.15, 0.2) is 12.1 Å². The van der Waals surface area contributed by atoms with Gasteiger partial charge in [-0.25, -0.2) is 4.98 Å². The molecule has 0 spiro atoms. The number of rotatable bonds is 5. The molecule has 0 atom stereocenters. The fraction of sp³-hybridized carbons (Fsp3) is 0.688. The Morgan fingerprint density at radius 1 is 1.20 bits per heavy atom. The molecule has 2 aliphatic rings. The van der Waals surface area contributed by atoms with Crippen LogP contribution in [0.2, 0.25) is 0 Å². The van der Waals surface area contributed by atoms with Crippen LogP contribution in [0.3, 0.4) is 0 Å². The van der Waals surface area contributed by atoms with Crippen molar-refractivity contribution >= 4 is 0 Å². The van der Waals surface area contributed by atoms with Crippen LogP contribution in [0.4, 0.5) is 0 Å². The average molecular weight is 275 g/mol. The summed E-state index contributed by atoms with van der Waals surface area (Å²) in [5.41, 5.74) is 2.57. The smallest absolute Gasteiger partial charge is 0.213 e.